The second kappa shape index (κ2) is 29.5. The van der Waals surface area contributed by atoms with Crippen molar-refractivity contribution in [3.05, 3.63) is 221 Å². The van der Waals surface area contributed by atoms with Crippen LogP contribution in [-0.4, -0.2) is 13.6 Å². The third kappa shape index (κ3) is 14.2. The third-order valence-corrected chi connectivity index (χ3v) is 21.2. The highest BCUT2D eigenvalue weighted by Gasteiger charge is 2.41. The molecule has 0 bridgehead atoms. The maximum absolute atomic E-state index is 7.25. The van der Waals surface area contributed by atoms with Crippen LogP contribution in [0, 0.1) is 0 Å². The fourth-order valence-corrected chi connectivity index (χ4v) is 15.8. The van der Waals surface area contributed by atoms with Crippen molar-refractivity contribution in [1.29, 1.82) is 0 Å². The van der Waals surface area contributed by atoms with Gasteiger partial charge in [-0.25, -0.2) is 0 Å². The maximum Gasteiger partial charge on any atom is 0.143 e. The van der Waals surface area contributed by atoms with Crippen LogP contribution in [0.1, 0.15) is 222 Å². The fraction of sp³-hybridized carbons (Fsp3) is 0.393. The van der Waals surface area contributed by atoms with E-state index in [1.165, 1.54) is 242 Å². The highest BCUT2D eigenvalue weighted by Crippen LogP contribution is 2.58. The first-order valence-corrected chi connectivity index (χ1v) is 36.0. The lowest BCUT2D eigenvalue weighted by Crippen LogP contribution is -2.34. The molecule has 1 aromatic heterocycles. The molecule has 1 atom stereocenters. The standard InChI is InChI=1S/C89H103NO/c1-8-10-12-14-16-18-20-22-24-28-38-64-50-54-68(55-51-64)82-81(66-40-30-26-31-41-66)85(71-45-36-44-70(60-71)76-63-90(7)79-62-78-77(61-75(76)79)88(3,4)58-59-89(78,5)6)86(74-48-37-47-73-72-46-34-35-49-80(72)91-87(73)74)84(67-42-32-27-33-43-67)83(82)69-56-52-65(53-57-69)39-29-25-23-21-19-17-15-13-11-9-2/h26-27,30-37,40-57,60-62,76H,8-25,28-29,38-39,58-59,63H2,1-7H3. The number of aryl methyl sites for hydroxylation is 2. The summed E-state index contributed by atoms with van der Waals surface area (Å²) in [4.78, 5) is 2.54. The Morgan fingerprint density at radius 2 is 0.802 bits per heavy atom. The maximum atomic E-state index is 7.25. The Bertz CT molecular complexity index is 4010. The second-order valence-electron chi connectivity index (χ2n) is 28.8. The van der Waals surface area contributed by atoms with Gasteiger partial charge in [-0.3, -0.25) is 0 Å². The topological polar surface area (TPSA) is 16.4 Å². The highest BCUT2D eigenvalue weighted by atomic mass is 16.3. The van der Waals surface area contributed by atoms with E-state index in [-0.39, 0.29) is 16.7 Å². The number of benzene rings is 9. The van der Waals surface area contributed by atoms with E-state index in [2.05, 4.69) is 242 Å². The molecule has 1 unspecified atom stereocenters. The van der Waals surface area contributed by atoms with Gasteiger partial charge in [-0.15, -0.1) is 0 Å². The molecule has 0 N–H and O–H groups in total. The van der Waals surface area contributed by atoms with Crippen molar-refractivity contribution in [2.75, 3.05) is 18.5 Å². The molecule has 2 heteroatoms. The molecule has 9 aromatic carbocycles. The van der Waals surface area contributed by atoms with E-state index in [0.717, 1.165) is 46.9 Å². The first kappa shape index (κ1) is 63.7. The lowest BCUT2D eigenvalue weighted by molar-refractivity contribution is 0.332. The van der Waals surface area contributed by atoms with Crippen LogP contribution in [0.25, 0.3) is 88.7 Å². The minimum atomic E-state index is 0.106. The van der Waals surface area contributed by atoms with Crippen molar-refractivity contribution >= 4 is 27.6 Å². The van der Waals surface area contributed by atoms with Crippen LogP contribution in [0.3, 0.4) is 0 Å². The number of likely N-dealkylation sites (N-methyl/N-ethyl adjacent to an activating group) is 1. The smallest absolute Gasteiger partial charge is 0.143 e. The summed E-state index contributed by atoms with van der Waals surface area (Å²) in [7, 11) is 2.32. The molecule has 1 aliphatic heterocycles. The Morgan fingerprint density at radius 1 is 0.385 bits per heavy atom. The molecular formula is C89H103NO. The molecule has 10 aromatic rings. The van der Waals surface area contributed by atoms with Crippen LogP contribution < -0.4 is 4.90 Å². The van der Waals surface area contributed by atoms with Crippen molar-refractivity contribution in [2.24, 2.45) is 0 Å². The van der Waals surface area contributed by atoms with E-state index in [9.17, 15) is 0 Å². The summed E-state index contributed by atoms with van der Waals surface area (Å²) in [5.74, 6) is 0.197. The van der Waals surface area contributed by atoms with Gasteiger partial charge < -0.3 is 9.32 Å². The van der Waals surface area contributed by atoms with Crippen LogP contribution in [0.4, 0.5) is 5.69 Å². The lowest BCUT2D eigenvalue weighted by Gasteiger charge is -2.42. The summed E-state index contributed by atoms with van der Waals surface area (Å²) in [5.41, 5.74) is 26.7. The van der Waals surface area contributed by atoms with Crippen molar-refractivity contribution in [1.82, 2.24) is 0 Å². The second-order valence-corrected chi connectivity index (χ2v) is 28.8. The van der Waals surface area contributed by atoms with Crippen LogP contribution in [-0.2, 0) is 23.7 Å². The zero-order chi connectivity index (χ0) is 62.7. The average Bonchev–Trinajstić information content (AvgIpc) is 1.56. The number of anilines is 1. The quantitative estimate of drug-likeness (QED) is 0.0435. The lowest BCUT2D eigenvalue weighted by atomic mass is 9.62. The molecule has 0 amide bonds. The Labute approximate surface area is 548 Å². The van der Waals surface area contributed by atoms with Gasteiger partial charge >= 0.3 is 0 Å². The summed E-state index contributed by atoms with van der Waals surface area (Å²) in [5, 5.41) is 2.27. The van der Waals surface area contributed by atoms with E-state index in [1.54, 1.807) is 0 Å². The molecule has 1 aliphatic carbocycles. The predicted octanol–water partition coefficient (Wildman–Crippen LogP) is 26.4. The van der Waals surface area contributed by atoms with Gasteiger partial charge in [0.1, 0.15) is 11.2 Å². The molecule has 0 radical (unpaired) electrons. The number of rotatable bonds is 29. The van der Waals surface area contributed by atoms with Gasteiger partial charge in [0.15, 0.2) is 0 Å². The number of nitrogens with zero attached hydrogens (tertiary/aromatic N) is 1. The van der Waals surface area contributed by atoms with Gasteiger partial charge in [0.25, 0.3) is 0 Å². The summed E-state index contributed by atoms with van der Waals surface area (Å²) in [6, 6.07) is 73.0. The molecule has 2 nitrogen and oxygen atoms in total. The first-order chi connectivity index (χ1) is 44.5. The molecule has 91 heavy (non-hydrogen) atoms. The minimum absolute atomic E-state index is 0.106. The Hall–Kier alpha value is -7.42. The number of unbranched alkanes of at least 4 members (excludes halogenated alkanes) is 18. The highest BCUT2D eigenvalue weighted by molar-refractivity contribution is 6.19. The van der Waals surface area contributed by atoms with Gasteiger partial charge in [-0.1, -0.05) is 333 Å². The van der Waals surface area contributed by atoms with Crippen LogP contribution >= 0.6 is 0 Å². The Balaban J connectivity index is 1.06. The van der Waals surface area contributed by atoms with E-state index < -0.39 is 0 Å². The Kier molecular flexibility index (Phi) is 20.6. The predicted molar refractivity (Wildman–Crippen MR) is 394 cm³/mol. The summed E-state index contributed by atoms with van der Waals surface area (Å²) >= 11 is 0. The fourth-order valence-electron chi connectivity index (χ4n) is 15.8. The molecule has 12 rings (SSSR count). The zero-order valence-corrected chi connectivity index (χ0v) is 56.5. The molecular weight excluding hydrogens is 1100 g/mol. The largest absolute Gasteiger partial charge is 0.455 e. The van der Waals surface area contributed by atoms with Crippen LogP contribution in [0.5, 0.6) is 0 Å². The van der Waals surface area contributed by atoms with E-state index >= 15 is 0 Å². The zero-order valence-electron chi connectivity index (χ0n) is 56.5. The summed E-state index contributed by atoms with van der Waals surface area (Å²) in [6.45, 7) is 15.4. The van der Waals surface area contributed by atoms with Gasteiger partial charge in [0, 0.05) is 47.1 Å². The molecule has 0 spiro atoms. The van der Waals surface area contributed by atoms with E-state index in [1.807, 2.05) is 0 Å². The summed E-state index contributed by atoms with van der Waals surface area (Å²) < 4.78 is 7.25. The van der Waals surface area contributed by atoms with Crippen LogP contribution in [0.2, 0.25) is 0 Å². The molecule has 0 saturated carbocycles. The van der Waals surface area contributed by atoms with Crippen molar-refractivity contribution in [3.63, 3.8) is 0 Å². The van der Waals surface area contributed by atoms with Crippen molar-refractivity contribution in [3.8, 4) is 66.8 Å². The number of hydrogen-bond acceptors (Lipinski definition) is 2. The van der Waals surface area contributed by atoms with Crippen molar-refractivity contribution < 1.29 is 4.42 Å². The number of fused-ring (bicyclic) bond motifs is 5. The van der Waals surface area contributed by atoms with Gasteiger partial charge in [-0.05, 0) is 151 Å². The van der Waals surface area contributed by atoms with Gasteiger partial charge in [-0.2, -0.15) is 0 Å². The summed E-state index contributed by atoms with van der Waals surface area (Å²) in [6.07, 6.45) is 31.5. The van der Waals surface area contributed by atoms with Crippen molar-refractivity contribution in [2.45, 2.75) is 212 Å². The molecule has 0 saturated heterocycles. The molecule has 0 fully saturated rings. The SMILES string of the molecule is CCCCCCCCCCCCc1ccc(-c2c(-c3ccc(CCCCCCCCCCCC)cc3)c(-c3ccccc3)c(-c3cccc4c3oc3ccccc34)c(-c3cccc(C4CN(C)c5cc6c(cc54)C(C)(C)CCC6(C)C)c3)c2-c2ccccc2)cc1. The third-order valence-electron chi connectivity index (χ3n) is 21.2. The first-order valence-electron chi connectivity index (χ1n) is 36.0. The van der Waals surface area contributed by atoms with Gasteiger partial charge in [0.05, 0.1) is 0 Å². The Morgan fingerprint density at radius 3 is 1.33 bits per heavy atom. The number of para-hydroxylation sites is 2. The van der Waals surface area contributed by atoms with Crippen LogP contribution in [0.15, 0.2) is 192 Å². The monoisotopic (exact) mass is 1200 g/mol. The molecule has 2 heterocycles. The van der Waals surface area contributed by atoms with E-state index in [0.29, 0.717) is 0 Å². The minimum Gasteiger partial charge on any atom is -0.455 e. The van der Waals surface area contributed by atoms with E-state index in [4.69, 9.17) is 4.42 Å². The van der Waals surface area contributed by atoms with Gasteiger partial charge in [0.2, 0.25) is 0 Å². The number of hydrogen-bond donors (Lipinski definition) is 0. The normalized spacial score (nSPS) is 15.0. The molecule has 2 aliphatic rings. The number of furan rings is 1. The average molecular weight is 1200 g/mol. The molecule has 470 valence electrons.